The zero-order valence-electron chi connectivity index (χ0n) is 12.3. The predicted molar refractivity (Wildman–Crippen MR) is 83.2 cm³/mol. The van der Waals surface area contributed by atoms with Gasteiger partial charge in [-0.2, -0.15) is 0 Å². The molecule has 1 aliphatic carbocycles. The number of hydrogen-bond acceptors (Lipinski definition) is 3. The van der Waals surface area contributed by atoms with Crippen molar-refractivity contribution < 1.29 is 9.53 Å². The smallest absolute Gasteiger partial charge is 0.255 e. The molecule has 1 aromatic heterocycles. The van der Waals surface area contributed by atoms with Crippen molar-refractivity contribution in [1.82, 2.24) is 9.88 Å². The van der Waals surface area contributed by atoms with E-state index in [0.717, 1.165) is 23.4 Å². The summed E-state index contributed by atoms with van der Waals surface area (Å²) in [7, 11) is 1.80. The first-order valence-corrected chi connectivity index (χ1v) is 7.35. The molecule has 0 bridgehead atoms. The van der Waals surface area contributed by atoms with Crippen molar-refractivity contribution in [2.45, 2.75) is 12.8 Å². The van der Waals surface area contributed by atoms with Crippen LogP contribution in [-0.2, 0) is 4.74 Å². The zero-order valence-corrected chi connectivity index (χ0v) is 12.3. The summed E-state index contributed by atoms with van der Waals surface area (Å²) in [6.07, 6.45) is 4.31. The van der Waals surface area contributed by atoms with Crippen LogP contribution in [0, 0.1) is 5.92 Å². The number of H-pyrrole nitrogens is 1. The summed E-state index contributed by atoms with van der Waals surface area (Å²) < 4.78 is 5.58. The summed E-state index contributed by atoms with van der Waals surface area (Å²) in [4.78, 5) is 17.3. The molecular formula is C16H21N3O2. The highest BCUT2D eigenvalue weighted by Crippen LogP contribution is 2.28. The SMILES string of the molecule is CN(CCOCC1CC1)C(=O)c1c[nH]c2ccc(N)cc12. The van der Waals surface area contributed by atoms with Crippen LogP contribution in [0.25, 0.3) is 10.9 Å². The van der Waals surface area contributed by atoms with E-state index in [0.29, 0.717) is 24.4 Å². The summed E-state index contributed by atoms with van der Waals surface area (Å²) >= 11 is 0. The van der Waals surface area contributed by atoms with Crippen molar-refractivity contribution in [2.75, 3.05) is 32.5 Å². The van der Waals surface area contributed by atoms with E-state index >= 15 is 0 Å². The standard InChI is InChI=1S/C16H21N3O2/c1-19(6-7-21-10-11-2-3-11)16(20)14-9-18-15-5-4-12(17)8-13(14)15/h4-5,8-9,11,18H,2-3,6-7,10,17H2,1H3. The molecule has 5 heteroatoms. The van der Waals surface area contributed by atoms with Gasteiger partial charge in [0.25, 0.3) is 5.91 Å². The molecule has 1 fully saturated rings. The molecular weight excluding hydrogens is 266 g/mol. The molecule has 3 rings (SSSR count). The number of amides is 1. The van der Waals surface area contributed by atoms with Crippen molar-refractivity contribution in [3.8, 4) is 0 Å². The van der Waals surface area contributed by atoms with Gasteiger partial charge in [-0.3, -0.25) is 4.79 Å². The Kier molecular flexibility index (Phi) is 3.84. The van der Waals surface area contributed by atoms with Crippen molar-refractivity contribution >= 4 is 22.5 Å². The second-order valence-electron chi connectivity index (χ2n) is 5.75. The van der Waals surface area contributed by atoms with E-state index in [1.54, 1.807) is 18.1 Å². The van der Waals surface area contributed by atoms with E-state index in [1.807, 2.05) is 18.2 Å². The fourth-order valence-corrected chi connectivity index (χ4v) is 2.36. The van der Waals surface area contributed by atoms with Gasteiger partial charge in [0, 0.05) is 43.0 Å². The molecule has 2 aromatic rings. The second-order valence-corrected chi connectivity index (χ2v) is 5.75. The summed E-state index contributed by atoms with van der Waals surface area (Å²) in [5.41, 5.74) is 8.04. The van der Waals surface area contributed by atoms with Crippen LogP contribution in [0.3, 0.4) is 0 Å². The first-order valence-electron chi connectivity index (χ1n) is 7.35. The number of fused-ring (bicyclic) bond motifs is 1. The first kappa shape index (κ1) is 13.9. The van der Waals surface area contributed by atoms with Crippen LogP contribution in [0.1, 0.15) is 23.2 Å². The van der Waals surface area contributed by atoms with E-state index in [9.17, 15) is 4.79 Å². The number of benzene rings is 1. The largest absolute Gasteiger partial charge is 0.399 e. The minimum atomic E-state index is -0.0122. The average molecular weight is 287 g/mol. The van der Waals surface area contributed by atoms with Gasteiger partial charge in [0.15, 0.2) is 0 Å². The van der Waals surface area contributed by atoms with Crippen molar-refractivity contribution in [1.29, 1.82) is 0 Å². The Morgan fingerprint density at radius 1 is 1.48 bits per heavy atom. The van der Waals surface area contributed by atoms with Gasteiger partial charge in [0.1, 0.15) is 0 Å². The number of aromatic amines is 1. The number of carbonyl (C=O) groups excluding carboxylic acids is 1. The van der Waals surface area contributed by atoms with Crippen LogP contribution in [0.2, 0.25) is 0 Å². The number of anilines is 1. The van der Waals surface area contributed by atoms with Gasteiger partial charge in [-0.25, -0.2) is 0 Å². The normalized spacial score (nSPS) is 14.5. The number of hydrogen-bond donors (Lipinski definition) is 2. The predicted octanol–water partition coefficient (Wildman–Crippen LogP) is 2.25. The van der Waals surface area contributed by atoms with Crippen LogP contribution in [-0.4, -0.2) is 42.6 Å². The molecule has 1 heterocycles. The van der Waals surface area contributed by atoms with Gasteiger partial charge in [0.2, 0.25) is 0 Å². The number of rotatable bonds is 6. The van der Waals surface area contributed by atoms with Crippen LogP contribution < -0.4 is 5.73 Å². The van der Waals surface area contributed by atoms with Crippen LogP contribution in [0.4, 0.5) is 5.69 Å². The van der Waals surface area contributed by atoms with E-state index < -0.39 is 0 Å². The van der Waals surface area contributed by atoms with Gasteiger partial charge in [-0.05, 0) is 37.0 Å². The minimum Gasteiger partial charge on any atom is -0.399 e. The van der Waals surface area contributed by atoms with E-state index in [-0.39, 0.29) is 5.91 Å². The molecule has 0 radical (unpaired) electrons. The molecule has 1 aliphatic rings. The molecule has 0 saturated heterocycles. The van der Waals surface area contributed by atoms with Gasteiger partial charge >= 0.3 is 0 Å². The Labute approximate surface area is 124 Å². The molecule has 0 aliphatic heterocycles. The van der Waals surface area contributed by atoms with E-state index in [4.69, 9.17) is 10.5 Å². The number of carbonyl (C=O) groups is 1. The number of nitrogen functional groups attached to an aromatic ring is 1. The number of nitrogens with one attached hydrogen (secondary N) is 1. The third kappa shape index (κ3) is 3.19. The Balaban J connectivity index is 1.63. The van der Waals surface area contributed by atoms with Gasteiger partial charge < -0.3 is 20.4 Å². The van der Waals surface area contributed by atoms with Gasteiger partial charge in [0.05, 0.1) is 12.2 Å². The molecule has 1 saturated carbocycles. The average Bonchev–Trinajstić information content (AvgIpc) is 3.21. The van der Waals surface area contributed by atoms with E-state index in [2.05, 4.69) is 4.98 Å². The summed E-state index contributed by atoms with van der Waals surface area (Å²) in [6, 6.07) is 5.54. The Morgan fingerprint density at radius 2 is 2.29 bits per heavy atom. The zero-order chi connectivity index (χ0) is 14.8. The molecule has 0 spiro atoms. The summed E-state index contributed by atoms with van der Waals surface area (Å²) in [5.74, 6) is 0.740. The van der Waals surface area contributed by atoms with Crippen LogP contribution >= 0.6 is 0 Å². The highest BCUT2D eigenvalue weighted by Gasteiger charge is 2.21. The van der Waals surface area contributed by atoms with Crippen LogP contribution in [0.5, 0.6) is 0 Å². The fraction of sp³-hybridized carbons (Fsp3) is 0.438. The molecule has 21 heavy (non-hydrogen) atoms. The first-order chi connectivity index (χ1) is 10.1. The number of aromatic nitrogens is 1. The monoisotopic (exact) mass is 287 g/mol. The Bertz CT molecular complexity index is 646. The second kappa shape index (κ2) is 5.77. The maximum atomic E-state index is 12.5. The third-order valence-corrected chi connectivity index (χ3v) is 3.90. The molecule has 3 N–H and O–H groups in total. The maximum absolute atomic E-state index is 12.5. The number of nitrogens with two attached hydrogens (primary N) is 1. The fourth-order valence-electron chi connectivity index (χ4n) is 2.36. The molecule has 1 aromatic carbocycles. The lowest BCUT2D eigenvalue weighted by atomic mass is 10.1. The summed E-state index contributed by atoms with van der Waals surface area (Å²) in [6.45, 7) is 2.01. The molecule has 112 valence electrons. The highest BCUT2D eigenvalue weighted by atomic mass is 16.5. The number of nitrogens with zero attached hydrogens (tertiary/aromatic N) is 1. The molecule has 0 atom stereocenters. The van der Waals surface area contributed by atoms with Gasteiger partial charge in [-0.15, -0.1) is 0 Å². The molecule has 0 unspecified atom stereocenters. The maximum Gasteiger partial charge on any atom is 0.255 e. The summed E-state index contributed by atoms with van der Waals surface area (Å²) in [5, 5.41) is 0.866. The lowest BCUT2D eigenvalue weighted by Crippen LogP contribution is -2.30. The number of ether oxygens (including phenoxy) is 1. The topological polar surface area (TPSA) is 71.3 Å². The lowest BCUT2D eigenvalue weighted by Gasteiger charge is -2.16. The van der Waals surface area contributed by atoms with Crippen molar-refractivity contribution in [3.05, 3.63) is 30.0 Å². The van der Waals surface area contributed by atoms with E-state index in [1.165, 1.54) is 12.8 Å². The number of likely N-dealkylation sites (N-methyl/N-ethyl adjacent to an activating group) is 1. The molecule has 1 amide bonds. The Morgan fingerprint density at radius 3 is 3.05 bits per heavy atom. The third-order valence-electron chi connectivity index (χ3n) is 3.90. The van der Waals surface area contributed by atoms with Gasteiger partial charge in [-0.1, -0.05) is 0 Å². The Hall–Kier alpha value is -2.01. The van der Waals surface area contributed by atoms with Crippen LogP contribution in [0.15, 0.2) is 24.4 Å². The quantitative estimate of drug-likeness (QED) is 0.632. The minimum absolute atomic E-state index is 0.0122. The molecule has 5 nitrogen and oxygen atoms in total. The van der Waals surface area contributed by atoms with Crippen molar-refractivity contribution in [3.63, 3.8) is 0 Å². The lowest BCUT2D eigenvalue weighted by molar-refractivity contribution is 0.0683. The highest BCUT2D eigenvalue weighted by molar-refractivity contribution is 6.07. The van der Waals surface area contributed by atoms with Crippen molar-refractivity contribution in [2.24, 2.45) is 5.92 Å².